The molecule has 4 heteroatoms. The molecule has 2 aromatic carbocycles. The van der Waals surface area contributed by atoms with Crippen LogP contribution in [0.15, 0.2) is 46.9 Å². The van der Waals surface area contributed by atoms with Crippen molar-refractivity contribution in [2.75, 3.05) is 0 Å². The number of carbonyl (C=O) groups is 1. The second kappa shape index (κ2) is 5.63. The lowest BCUT2D eigenvalue weighted by atomic mass is 10.0. The third-order valence-electron chi connectivity index (χ3n) is 2.50. The van der Waals surface area contributed by atoms with Crippen molar-refractivity contribution in [3.63, 3.8) is 0 Å². The minimum absolute atomic E-state index is 0.0713. The highest BCUT2D eigenvalue weighted by molar-refractivity contribution is 9.10. The van der Waals surface area contributed by atoms with Gasteiger partial charge in [0.05, 0.1) is 4.47 Å². The first-order valence-corrected chi connectivity index (χ1v) is 6.46. The van der Waals surface area contributed by atoms with Crippen LogP contribution in [0.2, 0.25) is 5.02 Å². The summed E-state index contributed by atoms with van der Waals surface area (Å²) in [6.07, 6.45) is 0.249. The molecule has 0 aliphatic heterocycles. The zero-order chi connectivity index (χ0) is 13.1. The Morgan fingerprint density at radius 3 is 2.67 bits per heavy atom. The van der Waals surface area contributed by atoms with Gasteiger partial charge in [0.25, 0.3) is 0 Å². The van der Waals surface area contributed by atoms with Crippen LogP contribution in [-0.2, 0) is 6.42 Å². The van der Waals surface area contributed by atoms with Crippen molar-refractivity contribution in [3.8, 4) is 0 Å². The molecule has 2 aromatic rings. The maximum Gasteiger partial charge on any atom is 0.167 e. The van der Waals surface area contributed by atoms with Crippen LogP contribution < -0.4 is 0 Å². The van der Waals surface area contributed by atoms with Crippen molar-refractivity contribution in [1.82, 2.24) is 0 Å². The fraction of sp³-hybridized carbons (Fsp3) is 0.0714. The zero-order valence-corrected chi connectivity index (χ0v) is 11.6. The maximum atomic E-state index is 13.1. The van der Waals surface area contributed by atoms with Crippen LogP contribution >= 0.6 is 27.5 Å². The van der Waals surface area contributed by atoms with E-state index in [1.807, 2.05) is 6.07 Å². The van der Waals surface area contributed by atoms with E-state index in [1.165, 1.54) is 18.2 Å². The summed E-state index contributed by atoms with van der Waals surface area (Å²) in [6.45, 7) is 0. The predicted molar refractivity (Wildman–Crippen MR) is 73.6 cm³/mol. The van der Waals surface area contributed by atoms with Crippen molar-refractivity contribution < 1.29 is 9.18 Å². The van der Waals surface area contributed by atoms with Gasteiger partial charge in [0.1, 0.15) is 5.82 Å². The Morgan fingerprint density at radius 2 is 2.00 bits per heavy atom. The van der Waals surface area contributed by atoms with E-state index in [1.54, 1.807) is 18.2 Å². The van der Waals surface area contributed by atoms with Gasteiger partial charge >= 0.3 is 0 Å². The van der Waals surface area contributed by atoms with E-state index in [2.05, 4.69) is 15.9 Å². The molecule has 0 bridgehead atoms. The van der Waals surface area contributed by atoms with Crippen molar-refractivity contribution in [2.24, 2.45) is 0 Å². The lowest BCUT2D eigenvalue weighted by Crippen LogP contribution is -2.03. The van der Waals surface area contributed by atoms with Gasteiger partial charge in [-0.3, -0.25) is 4.79 Å². The third-order valence-corrected chi connectivity index (χ3v) is 3.34. The number of Topliss-reactive ketones (excluding diaryl/α,β-unsaturated/α-hetero) is 1. The summed E-state index contributed by atoms with van der Waals surface area (Å²) in [5.41, 5.74) is 1.32. The van der Waals surface area contributed by atoms with Gasteiger partial charge in [0, 0.05) is 17.0 Å². The first kappa shape index (κ1) is 13.2. The number of halogens is 3. The summed E-state index contributed by atoms with van der Waals surface area (Å²) in [6, 6.07) is 11.4. The molecule has 0 fully saturated rings. The fourth-order valence-corrected chi connectivity index (χ4v) is 2.20. The molecule has 0 spiro atoms. The summed E-state index contributed by atoms with van der Waals surface area (Å²) in [4.78, 5) is 12.0. The smallest absolute Gasteiger partial charge is 0.167 e. The van der Waals surface area contributed by atoms with Crippen LogP contribution in [0.4, 0.5) is 4.39 Å². The minimum atomic E-state index is -0.380. The van der Waals surface area contributed by atoms with E-state index in [0.29, 0.717) is 15.1 Å². The molecule has 0 radical (unpaired) electrons. The van der Waals surface area contributed by atoms with Gasteiger partial charge in [-0.2, -0.15) is 0 Å². The molecule has 1 nitrogen and oxygen atoms in total. The first-order chi connectivity index (χ1) is 8.56. The van der Waals surface area contributed by atoms with E-state index in [9.17, 15) is 9.18 Å². The Hall–Kier alpha value is -1.19. The van der Waals surface area contributed by atoms with Crippen LogP contribution in [-0.4, -0.2) is 5.78 Å². The van der Waals surface area contributed by atoms with E-state index < -0.39 is 0 Å². The highest BCUT2D eigenvalue weighted by Gasteiger charge is 2.09. The van der Waals surface area contributed by atoms with Crippen LogP contribution in [0.25, 0.3) is 0 Å². The Balaban J connectivity index is 2.19. The van der Waals surface area contributed by atoms with Crippen LogP contribution in [0.1, 0.15) is 15.9 Å². The lowest BCUT2D eigenvalue weighted by Gasteiger charge is -2.03. The molecule has 0 atom stereocenters. The number of rotatable bonds is 3. The Kier molecular flexibility index (Phi) is 4.15. The number of carbonyl (C=O) groups excluding carboxylic acids is 1. The summed E-state index contributed by atoms with van der Waals surface area (Å²) >= 11 is 8.91. The second-order valence-corrected chi connectivity index (χ2v) is 5.15. The molecule has 18 heavy (non-hydrogen) atoms. The number of ketones is 1. The van der Waals surface area contributed by atoms with Crippen LogP contribution in [0, 0.1) is 5.82 Å². The van der Waals surface area contributed by atoms with Crippen LogP contribution in [0.5, 0.6) is 0 Å². The number of benzene rings is 2. The molecule has 0 unspecified atom stereocenters. The molecule has 2 rings (SSSR count). The summed E-state index contributed by atoms with van der Waals surface area (Å²) in [5.74, 6) is -0.452. The second-order valence-electron chi connectivity index (χ2n) is 3.86. The van der Waals surface area contributed by atoms with Gasteiger partial charge < -0.3 is 0 Å². The molecule has 0 saturated heterocycles. The largest absolute Gasteiger partial charge is 0.294 e. The van der Waals surface area contributed by atoms with Crippen molar-refractivity contribution in [3.05, 3.63) is 68.9 Å². The van der Waals surface area contributed by atoms with Gasteiger partial charge in [-0.25, -0.2) is 4.39 Å². The lowest BCUT2D eigenvalue weighted by molar-refractivity contribution is 0.0993. The molecule has 0 aliphatic rings. The highest BCUT2D eigenvalue weighted by Crippen LogP contribution is 2.19. The minimum Gasteiger partial charge on any atom is -0.294 e. The fourth-order valence-electron chi connectivity index (χ4n) is 1.60. The normalized spacial score (nSPS) is 10.4. The number of hydrogen-bond acceptors (Lipinski definition) is 1. The van der Waals surface area contributed by atoms with Crippen LogP contribution in [0.3, 0.4) is 0 Å². The van der Waals surface area contributed by atoms with Gasteiger partial charge in [-0.05, 0) is 51.8 Å². The van der Waals surface area contributed by atoms with Crippen molar-refractivity contribution >= 4 is 33.3 Å². The Bertz CT molecular complexity index is 598. The number of hydrogen-bond donors (Lipinski definition) is 0. The van der Waals surface area contributed by atoms with E-state index in [0.717, 1.165) is 5.56 Å². The molecular formula is C14H9BrClFO. The maximum absolute atomic E-state index is 13.1. The summed E-state index contributed by atoms with van der Waals surface area (Å²) < 4.78 is 13.4. The molecule has 92 valence electrons. The van der Waals surface area contributed by atoms with Gasteiger partial charge in [0.15, 0.2) is 5.78 Å². The van der Waals surface area contributed by atoms with Crippen molar-refractivity contribution in [2.45, 2.75) is 6.42 Å². The highest BCUT2D eigenvalue weighted by atomic mass is 79.9. The molecule has 0 amide bonds. The SMILES string of the molecule is O=C(Cc1cccc(Cl)c1)c1ccc(F)c(Br)c1. The summed E-state index contributed by atoms with van der Waals surface area (Å²) in [5, 5.41) is 0.598. The van der Waals surface area contributed by atoms with E-state index >= 15 is 0 Å². The van der Waals surface area contributed by atoms with Crippen molar-refractivity contribution in [1.29, 1.82) is 0 Å². The third kappa shape index (κ3) is 3.18. The van der Waals surface area contributed by atoms with E-state index in [4.69, 9.17) is 11.6 Å². The molecule has 0 saturated carbocycles. The standard InChI is InChI=1S/C14H9BrClFO/c15-12-8-10(4-5-13(12)17)14(18)7-9-2-1-3-11(16)6-9/h1-6,8H,7H2. The average Bonchev–Trinajstić information content (AvgIpc) is 2.32. The Labute approximate surface area is 118 Å². The topological polar surface area (TPSA) is 17.1 Å². The monoisotopic (exact) mass is 326 g/mol. The molecule has 0 aromatic heterocycles. The van der Waals surface area contributed by atoms with E-state index in [-0.39, 0.29) is 18.0 Å². The summed E-state index contributed by atoms with van der Waals surface area (Å²) in [7, 11) is 0. The Morgan fingerprint density at radius 1 is 1.22 bits per heavy atom. The average molecular weight is 328 g/mol. The van der Waals surface area contributed by atoms with Gasteiger partial charge in [0.2, 0.25) is 0 Å². The zero-order valence-electron chi connectivity index (χ0n) is 9.29. The molecule has 0 heterocycles. The van der Waals surface area contributed by atoms with Gasteiger partial charge in [-0.15, -0.1) is 0 Å². The molecule has 0 aliphatic carbocycles. The quantitative estimate of drug-likeness (QED) is 0.749. The first-order valence-electron chi connectivity index (χ1n) is 5.29. The molecular weight excluding hydrogens is 319 g/mol. The van der Waals surface area contributed by atoms with Gasteiger partial charge in [-0.1, -0.05) is 23.7 Å². The molecule has 0 N–H and O–H groups in total. The predicted octanol–water partition coefficient (Wildman–Crippen LogP) is 4.67.